The molecular weight excluding hydrogens is 359 g/mol. The molecule has 2 aromatic rings. The molecule has 27 heavy (non-hydrogen) atoms. The van der Waals surface area contributed by atoms with Gasteiger partial charge in [0.2, 0.25) is 0 Å². The summed E-state index contributed by atoms with van der Waals surface area (Å²) >= 11 is 0. The number of methoxy groups -OCH3 is 2. The highest BCUT2D eigenvalue weighted by molar-refractivity contribution is 5.49. The monoisotopic (exact) mass is 381 g/mol. The van der Waals surface area contributed by atoms with Crippen molar-refractivity contribution in [1.82, 2.24) is 5.32 Å². The van der Waals surface area contributed by atoms with Crippen molar-refractivity contribution in [1.29, 1.82) is 0 Å². The van der Waals surface area contributed by atoms with Crippen LogP contribution < -0.4 is 19.5 Å². The van der Waals surface area contributed by atoms with E-state index in [4.69, 9.17) is 9.47 Å². The van der Waals surface area contributed by atoms with Crippen molar-refractivity contribution in [3.63, 3.8) is 0 Å². The molecule has 7 heteroatoms. The summed E-state index contributed by atoms with van der Waals surface area (Å²) < 4.78 is 52.7. The number of hydrogen-bond donors (Lipinski definition) is 1. The Bertz CT molecular complexity index is 793. The first-order chi connectivity index (χ1) is 12.9. The van der Waals surface area contributed by atoms with Gasteiger partial charge >= 0.3 is 6.36 Å². The Morgan fingerprint density at radius 3 is 2.44 bits per heavy atom. The summed E-state index contributed by atoms with van der Waals surface area (Å²) in [6.45, 7) is 0.799. The second-order valence-electron chi connectivity index (χ2n) is 6.36. The van der Waals surface area contributed by atoms with Crippen molar-refractivity contribution >= 4 is 0 Å². The fourth-order valence-electron chi connectivity index (χ4n) is 3.46. The molecule has 0 saturated carbocycles. The SMILES string of the molecule is COc1cc2c(cc1OC)C(CCc1ccccc1OC(F)(F)F)NCC2. The number of rotatable bonds is 6. The molecule has 4 nitrogen and oxygen atoms in total. The van der Waals surface area contributed by atoms with Gasteiger partial charge in [0.1, 0.15) is 5.75 Å². The highest BCUT2D eigenvalue weighted by Gasteiger charge is 2.32. The van der Waals surface area contributed by atoms with E-state index in [1.54, 1.807) is 26.4 Å². The molecule has 0 aliphatic carbocycles. The zero-order valence-corrected chi connectivity index (χ0v) is 15.2. The molecule has 2 aromatic carbocycles. The Balaban J connectivity index is 1.79. The summed E-state index contributed by atoms with van der Waals surface area (Å²) in [4.78, 5) is 0. The molecule has 1 aliphatic heterocycles. The fourth-order valence-corrected chi connectivity index (χ4v) is 3.46. The number of aryl methyl sites for hydroxylation is 1. The van der Waals surface area contributed by atoms with Crippen LogP contribution in [0.4, 0.5) is 13.2 Å². The average Bonchev–Trinajstić information content (AvgIpc) is 2.64. The lowest BCUT2D eigenvalue weighted by molar-refractivity contribution is -0.274. The quantitative estimate of drug-likeness (QED) is 0.804. The molecule has 1 aliphatic rings. The number of hydrogen-bond acceptors (Lipinski definition) is 4. The molecule has 0 aromatic heterocycles. The van der Waals surface area contributed by atoms with Crippen LogP contribution in [-0.2, 0) is 12.8 Å². The van der Waals surface area contributed by atoms with Gasteiger partial charge in [-0.25, -0.2) is 0 Å². The summed E-state index contributed by atoms with van der Waals surface area (Å²) in [7, 11) is 3.18. The maximum atomic E-state index is 12.6. The lowest BCUT2D eigenvalue weighted by Crippen LogP contribution is -2.30. The zero-order valence-electron chi connectivity index (χ0n) is 15.2. The number of ether oxygens (including phenoxy) is 3. The van der Waals surface area contributed by atoms with Gasteiger partial charge in [-0.3, -0.25) is 0 Å². The van der Waals surface area contributed by atoms with Gasteiger partial charge in [-0.15, -0.1) is 13.2 Å². The molecule has 0 saturated heterocycles. The predicted molar refractivity (Wildman–Crippen MR) is 95.4 cm³/mol. The minimum Gasteiger partial charge on any atom is -0.493 e. The summed E-state index contributed by atoms with van der Waals surface area (Å²) in [6, 6.07) is 10.2. The Hall–Kier alpha value is -2.41. The van der Waals surface area contributed by atoms with Crippen LogP contribution in [0.1, 0.15) is 29.2 Å². The number of para-hydroxylation sites is 1. The van der Waals surface area contributed by atoms with Crippen LogP contribution >= 0.6 is 0 Å². The number of benzene rings is 2. The maximum Gasteiger partial charge on any atom is 0.573 e. The van der Waals surface area contributed by atoms with Gasteiger partial charge in [0.15, 0.2) is 11.5 Å². The van der Waals surface area contributed by atoms with Crippen LogP contribution in [-0.4, -0.2) is 27.1 Å². The van der Waals surface area contributed by atoms with Gasteiger partial charge < -0.3 is 19.5 Å². The number of halogens is 3. The lowest BCUT2D eigenvalue weighted by Gasteiger charge is -2.28. The van der Waals surface area contributed by atoms with Crippen molar-refractivity contribution in [2.45, 2.75) is 31.7 Å². The van der Waals surface area contributed by atoms with Crippen LogP contribution in [0.5, 0.6) is 17.2 Å². The van der Waals surface area contributed by atoms with E-state index >= 15 is 0 Å². The zero-order chi connectivity index (χ0) is 19.4. The minimum absolute atomic E-state index is 0.0208. The minimum atomic E-state index is -4.70. The van der Waals surface area contributed by atoms with Gasteiger partial charge in [0, 0.05) is 6.04 Å². The van der Waals surface area contributed by atoms with E-state index < -0.39 is 6.36 Å². The van der Waals surface area contributed by atoms with Gasteiger partial charge in [0.25, 0.3) is 0 Å². The van der Waals surface area contributed by atoms with Crippen molar-refractivity contribution in [3.05, 3.63) is 53.1 Å². The third-order valence-electron chi connectivity index (χ3n) is 4.71. The number of nitrogens with one attached hydrogen (secondary N) is 1. The molecule has 3 rings (SSSR count). The normalized spacial score (nSPS) is 16.6. The molecule has 0 spiro atoms. The molecule has 1 heterocycles. The second-order valence-corrected chi connectivity index (χ2v) is 6.36. The van der Waals surface area contributed by atoms with Gasteiger partial charge in [0.05, 0.1) is 14.2 Å². The maximum absolute atomic E-state index is 12.6. The molecular formula is C20H22F3NO3. The number of fused-ring (bicyclic) bond motifs is 1. The molecule has 1 unspecified atom stereocenters. The first-order valence-corrected chi connectivity index (χ1v) is 8.73. The van der Waals surface area contributed by atoms with Gasteiger partial charge in [-0.1, -0.05) is 18.2 Å². The van der Waals surface area contributed by atoms with E-state index in [0.717, 1.165) is 24.1 Å². The Kier molecular flexibility index (Phi) is 5.79. The van der Waals surface area contributed by atoms with Crippen molar-refractivity contribution < 1.29 is 27.4 Å². The Morgan fingerprint density at radius 1 is 1.04 bits per heavy atom. The van der Waals surface area contributed by atoms with Crippen molar-refractivity contribution in [2.75, 3.05) is 20.8 Å². The summed E-state index contributed by atoms with van der Waals surface area (Å²) in [5.74, 6) is 1.18. The Morgan fingerprint density at radius 2 is 1.74 bits per heavy atom. The Labute approximate surface area is 156 Å². The van der Waals surface area contributed by atoms with Gasteiger partial charge in [-0.05, 0) is 60.7 Å². The highest BCUT2D eigenvalue weighted by Crippen LogP contribution is 2.37. The fraction of sp³-hybridized carbons (Fsp3) is 0.400. The second kappa shape index (κ2) is 8.08. The largest absolute Gasteiger partial charge is 0.573 e. The summed E-state index contributed by atoms with van der Waals surface area (Å²) in [5, 5.41) is 3.44. The summed E-state index contributed by atoms with van der Waals surface area (Å²) in [5.41, 5.74) is 2.79. The standard InChI is InChI=1S/C20H22F3NO3/c1-25-18-11-14-9-10-24-16(15(14)12-19(18)26-2)8-7-13-5-3-4-6-17(13)27-20(21,22)23/h3-6,11-12,16,24H,7-10H2,1-2H3. The van der Waals surface area contributed by atoms with Crippen LogP contribution in [0.25, 0.3) is 0 Å². The van der Waals surface area contributed by atoms with E-state index in [1.165, 1.54) is 12.1 Å². The first kappa shape index (κ1) is 19.4. The topological polar surface area (TPSA) is 39.7 Å². The van der Waals surface area contributed by atoms with E-state index in [1.807, 2.05) is 12.1 Å². The first-order valence-electron chi connectivity index (χ1n) is 8.73. The molecule has 1 N–H and O–H groups in total. The van der Waals surface area contributed by atoms with Crippen LogP contribution in [0.2, 0.25) is 0 Å². The average molecular weight is 381 g/mol. The van der Waals surface area contributed by atoms with Gasteiger partial charge in [-0.2, -0.15) is 0 Å². The van der Waals surface area contributed by atoms with E-state index in [2.05, 4.69) is 10.1 Å². The third kappa shape index (κ3) is 4.66. The number of alkyl halides is 3. The van der Waals surface area contributed by atoms with E-state index in [-0.39, 0.29) is 11.8 Å². The molecule has 0 amide bonds. The van der Waals surface area contributed by atoms with Crippen LogP contribution in [0.3, 0.4) is 0 Å². The van der Waals surface area contributed by atoms with Crippen molar-refractivity contribution in [3.8, 4) is 17.2 Å². The third-order valence-corrected chi connectivity index (χ3v) is 4.71. The van der Waals surface area contributed by atoms with E-state index in [9.17, 15) is 13.2 Å². The summed E-state index contributed by atoms with van der Waals surface area (Å²) in [6.07, 6.45) is -2.74. The predicted octanol–water partition coefficient (Wildman–Crippen LogP) is 4.42. The highest BCUT2D eigenvalue weighted by atomic mass is 19.4. The van der Waals surface area contributed by atoms with E-state index in [0.29, 0.717) is 29.9 Å². The van der Waals surface area contributed by atoms with Crippen LogP contribution in [0, 0.1) is 0 Å². The smallest absolute Gasteiger partial charge is 0.493 e. The van der Waals surface area contributed by atoms with Crippen LogP contribution in [0.15, 0.2) is 36.4 Å². The lowest BCUT2D eigenvalue weighted by atomic mass is 9.90. The molecule has 0 bridgehead atoms. The van der Waals surface area contributed by atoms with Crippen molar-refractivity contribution in [2.24, 2.45) is 0 Å². The molecule has 1 atom stereocenters. The molecule has 146 valence electrons. The molecule has 0 radical (unpaired) electrons. The molecule has 0 fully saturated rings.